The fourth-order valence-corrected chi connectivity index (χ4v) is 2.65. The average Bonchev–Trinajstić information content (AvgIpc) is 2.46. The molecular formula is C18H17ClN2. The number of pyridine rings is 1. The molecular weight excluding hydrogens is 280 g/mol. The molecule has 0 fully saturated rings. The van der Waals surface area contributed by atoms with Crippen molar-refractivity contribution in [3.63, 3.8) is 0 Å². The summed E-state index contributed by atoms with van der Waals surface area (Å²) in [6, 6.07) is 16.6. The van der Waals surface area contributed by atoms with E-state index in [1.54, 1.807) is 0 Å². The van der Waals surface area contributed by atoms with Gasteiger partial charge >= 0.3 is 0 Å². The monoisotopic (exact) mass is 296 g/mol. The molecule has 0 bridgehead atoms. The van der Waals surface area contributed by atoms with Gasteiger partial charge in [0.05, 0.1) is 5.52 Å². The number of anilines is 1. The first kappa shape index (κ1) is 13.9. The van der Waals surface area contributed by atoms with Gasteiger partial charge < -0.3 is 5.32 Å². The molecule has 0 spiro atoms. The second kappa shape index (κ2) is 5.74. The van der Waals surface area contributed by atoms with E-state index in [0.717, 1.165) is 27.7 Å². The lowest BCUT2D eigenvalue weighted by atomic mass is 10.1. The molecule has 1 N–H and O–H groups in total. The van der Waals surface area contributed by atoms with Crippen LogP contribution in [0.3, 0.4) is 0 Å². The molecule has 0 saturated carbocycles. The molecule has 21 heavy (non-hydrogen) atoms. The standard InChI is InChI=1S/C18H17ClN2/c1-12-5-3-8-16(9-12)20-11-15-10-14-7-4-6-13(2)17(14)21-18(15)19/h3-10,20H,11H2,1-2H3. The maximum absolute atomic E-state index is 6.32. The Morgan fingerprint density at radius 3 is 2.67 bits per heavy atom. The van der Waals surface area contributed by atoms with Crippen LogP contribution in [0.15, 0.2) is 48.5 Å². The van der Waals surface area contributed by atoms with Crippen molar-refractivity contribution in [3.8, 4) is 0 Å². The summed E-state index contributed by atoms with van der Waals surface area (Å²) in [7, 11) is 0. The third-order valence-corrected chi connectivity index (χ3v) is 3.90. The quantitative estimate of drug-likeness (QED) is 0.679. The van der Waals surface area contributed by atoms with E-state index in [-0.39, 0.29) is 0 Å². The van der Waals surface area contributed by atoms with Gasteiger partial charge in [-0.25, -0.2) is 4.98 Å². The SMILES string of the molecule is Cc1cccc(NCc2cc3cccc(C)c3nc2Cl)c1. The molecule has 3 aromatic rings. The van der Waals surface area contributed by atoms with Gasteiger partial charge in [0.25, 0.3) is 0 Å². The van der Waals surface area contributed by atoms with Crippen LogP contribution in [0.1, 0.15) is 16.7 Å². The first-order valence-electron chi connectivity index (χ1n) is 6.99. The van der Waals surface area contributed by atoms with Crippen LogP contribution in [-0.4, -0.2) is 4.98 Å². The minimum absolute atomic E-state index is 0.567. The van der Waals surface area contributed by atoms with Crippen molar-refractivity contribution < 1.29 is 0 Å². The van der Waals surface area contributed by atoms with Crippen molar-refractivity contribution in [2.45, 2.75) is 20.4 Å². The second-order valence-electron chi connectivity index (χ2n) is 5.31. The maximum atomic E-state index is 6.32. The van der Waals surface area contributed by atoms with Crippen LogP contribution in [0.4, 0.5) is 5.69 Å². The molecule has 1 aromatic heterocycles. The summed E-state index contributed by atoms with van der Waals surface area (Å²) in [6.45, 7) is 4.80. The summed E-state index contributed by atoms with van der Waals surface area (Å²) in [6.07, 6.45) is 0. The molecule has 0 amide bonds. The van der Waals surface area contributed by atoms with E-state index in [4.69, 9.17) is 11.6 Å². The van der Waals surface area contributed by atoms with Gasteiger partial charge in [-0.2, -0.15) is 0 Å². The normalized spacial score (nSPS) is 10.8. The number of fused-ring (bicyclic) bond motifs is 1. The predicted octanol–water partition coefficient (Wildman–Crippen LogP) is 5.12. The number of aromatic nitrogens is 1. The Morgan fingerprint density at radius 2 is 1.86 bits per heavy atom. The fourth-order valence-electron chi connectivity index (χ4n) is 2.44. The van der Waals surface area contributed by atoms with E-state index in [1.165, 1.54) is 5.56 Å². The highest BCUT2D eigenvalue weighted by atomic mass is 35.5. The fraction of sp³-hybridized carbons (Fsp3) is 0.167. The lowest BCUT2D eigenvalue weighted by Crippen LogP contribution is -2.01. The van der Waals surface area contributed by atoms with Crippen LogP contribution in [0.2, 0.25) is 5.15 Å². The molecule has 3 rings (SSSR count). The van der Waals surface area contributed by atoms with Crippen LogP contribution in [0.5, 0.6) is 0 Å². The van der Waals surface area contributed by atoms with Crippen LogP contribution in [0.25, 0.3) is 10.9 Å². The number of para-hydroxylation sites is 1. The molecule has 2 aromatic carbocycles. The molecule has 0 radical (unpaired) electrons. The van der Waals surface area contributed by atoms with Gasteiger partial charge in [-0.05, 0) is 43.2 Å². The lowest BCUT2D eigenvalue weighted by molar-refractivity contribution is 1.13. The minimum Gasteiger partial charge on any atom is -0.381 e. The van der Waals surface area contributed by atoms with Gasteiger partial charge in [-0.3, -0.25) is 0 Å². The molecule has 0 atom stereocenters. The Hall–Kier alpha value is -2.06. The Morgan fingerprint density at radius 1 is 1.05 bits per heavy atom. The topological polar surface area (TPSA) is 24.9 Å². The zero-order valence-electron chi connectivity index (χ0n) is 12.2. The Kier molecular flexibility index (Phi) is 3.80. The highest BCUT2D eigenvalue weighted by molar-refractivity contribution is 6.30. The van der Waals surface area contributed by atoms with Gasteiger partial charge in [0, 0.05) is 23.2 Å². The van der Waals surface area contributed by atoms with Crippen LogP contribution in [0, 0.1) is 13.8 Å². The van der Waals surface area contributed by atoms with E-state index in [0.29, 0.717) is 11.7 Å². The summed E-state index contributed by atoms with van der Waals surface area (Å²) >= 11 is 6.32. The maximum Gasteiger partial charge on any atom is 0.134 e. The van der Waals surface area contributed by atoms with E-state index in [2.05, 4.69) is 60.5 Å². The summed E-state index contributed by atoms with van der Waals surface area (Å²) in [4.78, 5) is 4.53. The zero-order valence-corrected chi connectivity index (χ0v) is 12.9. The summed E-state index contributed by atoms with van der Waals surface area (Å²) < 4.78 is 0. The molecule has 2 nitrogen and oxygen atoms in total. The number of nitrogens with zero attached hydrogens (tertiary/aromatic N) is 1. The van der Waals surface area contributed by atoms with Crippen molar-refractivity contribution in [2.75, 3.05) is 5.32 Å². The number of hydrogen-bond acceptors (Lipinski definition) is 2. The highest BCUT2D eigenvalue weighted by Gasteiger charge is 2.06. The van der Waals surface area contributed by atoms with Gasteiger partial charge in [0.1, 0.15) is 5.15 Å². The number of rotatable bonds is 3. The van der Waals surface area contributed by atoms with E-state index in [1.807, 2.05) is 12.1 Å². The van der Waals surface area contributed by atoms with Crippen molar-refractivity contribution in [3.05, 3.63) is 70.4 Å². The number of nitrogens with one attached hydrogen (secondary N) is 1. The number of aryl methyl sites for hydroxylation is 2. The smallest absolute Gasteiger partial charge is 0.134 e. The van der Waals surface area contributed by atoms with Crippen molar-refractivity contribution in [2.24, 2.45) is 0 Å². The Labute approximate surface area is 129 Å². The first-order chi connectivity index (χ1) is 10.1. The number of benzene rings is 2. The number of halogens is 1. The minimum atomic E-state index is 0.567. The van der Waals surface area contributed by atoms with Crippen LogP contribution in [-0.2, 0) is 6.54 Å². The van der Waals surface area contributed by atoms with E-state index < -0.39 is 0 Å². The third kappa shape index (κ3) is 3.01. The van der Waals surface area contributed by atoms with Gasteiger partial charge in [-0.15, -0.1) is 0 Å². The summed E-state index contributed by atoms with van der Waals surface area (Å²) in [5.74, 6) is 0. The van der Waals surface area contributed by atoms with E-state index >= 15 is 0 Å². The van der Waals surface area contributed by atoms with Gasteiger partial charge in [0.2, 0.25) is 0 Å². The first-order valence-corrected chi connectivity index (χ1v) is 7.36. The van der Waals surface area contributed by atoms with Crippen LogP contribution < -0.4 is 5.32 Å². The molecule has 0 saturated heterocycles. The highest BCUT2D eigenvalue weighted by Crippen LogP contribution is 2.23. The second-order valence-corrected chi connectivity index (χ2v) is 5.67. The van der Waals surface area contributed by atoms with Gasteiger partial charge in [0.15, 0.2) is 0 Å². The summed E-state index contributed by atoms with van der Waals surface area (Å²) in [5.41, 5.74) is 5.46. The molecule has 1 heterocycles. The zero-order chi connectivity index (χ0) is 14.8. The molecule has 0 unspecified atom stereocenters. The Bertz CT molecular complexity index is 796. The molecule has 0 aliphatic heterocycles. The molecule has 0 aliphatic carbocycles. The van der Waals surface area contributed by atoms with Crippen molar-refractivity contribution >= 4 is 28.2 Å². The van der Waals surface area contributed by atoms with Gasteiger partial charge in [-0.1, -0.05) is 41.9 Å². The third-order valence-electron chi connectivity index (χ3n) is 3.57. The molecule has 3 heteroatoms. The van der Waals surface area contributed by atoms with E-state index in [9.17, 15) is 0 Å². The largest absolute Gasteiger partial charge is 0.381 e. The van der Waals surface area contributed by atoms with Crippen molar-refractivity contribution in [1.82, 2.24) is 4.98 Å². The van der Waals surface area contributed by atoms with Crippen molar-refractivity contribution in [1.29, 1.82) is 0 Å². The number of hydrogen-bond donors (Lipinski definition) is 1. The van der Waals surface area contributed by atoms with Crippen LogP contribution >= 0.6 is 11.6 Å². The molecule has 0 aliphatic rings. The predicted molar refractivity (Wildman–Crippen MR) is 90.0 cm³/mol. The Balaban J connectivity index is 1.89. The average molecular weight is 297 g/mol. The summed E-state index contributed by atoms with van der Waals surface area (Å²) in [5, 5.41) is 5.09. The lowest BCUT2D eigenvalue weighted by Gasteiger charge is -2.10. The molecule has 106 valence electrons.